The van der Waals surface area contributed by atoms with E-state index in [0.717, 1.165) is 18.7 Å². The van der Waals surface area contributed by atoms with Crippen LogP contribution < -0.4 is 5.32 Å². The first kappa shape index (κ1) is 14.3. The van der Waals surface area contributed by atoms with Crippen molar-refractivity contribution in [3.63, 3.8) is 0 Å². The van der Waals surface area contributed by atoms with Crippen molar-refractivity contribution in [1.29, 1.82) is 0 Å². The predicted molar refractivity (Wildman–Crippen MR) is 73.5 cm³/mol. The summed E-state index contributed by atoms with van der Waals surface area (Å²) in [6, 6.07) is 6.34. The Morgan fingerprint density at radius 1 is 1.47 bits per heavy atom. The molecule has 1 aliphatic heterocycles. The highest BCUT2D eigenvalue weighted by atomic mass is 32.1. The zero-order valence-corrected chi connectivity index (χ0v) is 11.8. The summed E-state index contributed by atoms with van der Waals surface area (Å²) in [5.74, 6) is -0.657. The van der Waals surface area contributed by atoms with Crippen LogP contribution in [0.4, 0.5) is 4.39 Å². The summed E-state index contributed by atoms with van der Waals surface area (Å²) >= 11 is 4.11. The van der Waals surface area contributed by atoms with Crippen molar-refractivity contribution in [3.8, 4) is 0 Å². The fourth-order valence-corrected chi connectivity index (χ4v) is 2.49. The normalized spacial score (nSPS) is 19.7. The Labute approximate surface area is 117 Å². The van der Waals surface area contributed by atoms with Crippen molar-refractivity contribution in [2.24, 2.45) is 0 Å². The van der Waals surface area contributed by atoms with E-state index < -0.39 is 10.9 Å². The maximum atomic E-state index is 13.4. The standard InChI is InChI=1S/C14H18FNO2S/c1-10(19)13(17)18-14(5-7-16-8-6-14)11-3-2-4-12(15)9-11/h2-4,9-10,16,19H,5-8H2,1H3/p+1. The van der Waals surface area contributed by atoms with Gasteiger partial charge in [-0.1, -0.05) is 12.1 Å². The van der Waals surface area contributed by atoms with E-state index in [-0.39, 0.29) is 11.8 Å². The van der Waals surface area contributed by atoms with Gasteiger partial charge >= 0.3 is 5.97 Å². The zero-order chi connectivity index (χ0) is 13.9. The molecule has 5 heteroatoms. The number of ether oxygens (including phenoxy) is 1. The molecule has 0 spiro atoms. The molecule has 1 saturated heterocycles. The van der Waals surface area contributed by atoms with Gasteiger partial charge in [0, 0.05) is 12.8 Å². The number of nitrogens with two attached hydrogens (primary N) is 1. The predicted octanol–water partition coefficient (Wildman–Crippen LogP) is 1.24. The molecule has 1 fully saturated rings. The van der Waals surface area contributed by atoms with Gasteiger partial charge < -0.3 is 10.1 Å². The Balaban J connectivity index is 2.31. The van der Waals surface area contributed by atoms with Crippen molar-refractivity contribution >= 4 is 18.6 Å². The third-order valence-electron chi connectivity index (χ3n) is 3.49. The number of carbonyl (C=O) groups excluding carboxylic acids is 1. The van der Waals surface area contributed by atoms with Crippen LogP contribution in [0.1, 0.15) is 25.3 Å². The van der Waals surface area contributed by atoms with Gasteiger partial charge in [0.2, 0.25) is 0 Å². The second-order valence-electron chi connectivity index (χ2n) is 4.97. The van der Waals surface area contributed by atoms with E-state index in [0.29, 0.717) is 12.8 Å². The first-order valence-electron chi connectivity index (χ1n) is 6.52. The molecule has 1 heterocycles. The molecule has 1 aliphatic rings. The van der Waals surface area contributed by atoms with Crippen molar-refractivity contribution < 1.29 is 19.2 Å². The molecule has 0 saturated carbocycles. The molecule has 2 N–H and O–H groups in total. The number of hydrogen-bond donors (Lipinski definition) is 2. The number of piperidine rings is 1. The summed E-state index contributed by atoms with van der Waals surface area (Å²) in [7, 11) is 0. The highest BCUT2D eigenvalue weighted by Crippen LogP contribution is 2.34. The molecular formula is C14H19FNO2S+. The Morgan fingerprint density at radius 3 is 2.74 bits per heavy atom. The second kappa shape index (κ2) is 5.92. The molecule has 0 radical (unpaired) electrons. The molecule has 0 bridgehead atoms. The average molecular weight is 284 g/mol. The minimum Gasteiger partial charge on any atom is -0.453 e. The largest absolute Gasteiger partial charge is 0.453 e. The summed E-state index contributed by atoms with van der Waals surface area (Å²) < 4.78 is 19.1. The molecule has 1 aromatic carbocycles. The molecule has 1 atom stereocenters. The highest BCUT2D eigenvalue weighted by Gasteiger charge is 2.40. The maximum Gasteiger partial charge on any atom is 0.319 e. The van der Waals surface area contributed by atoms with Crippen LogP contribution in [0.3, 0.4) is 0 Å². The Morgan fingerprint density at radius 2 is 2.16 bits per heavy atom. The number of carbonyl (C=O) groups is 1. The molecule has 3 nitrogen and oxygen atoms in total. The smallest absolute Gasteiger partial charge is 0.319 e. The number of halogens is 1. The summed E-state index contributed by atoms with van der Waals surface area (Å²) in [4.78, 5) is 11.9. The molecule has 0 aromatic heterocycles. The molecule has 1 unspecified atom stereocenters. The fourth-order valence-electron chi connectivity index (χ4n) is 2.44. The van der Waals surface area contributed by atoms with E-state index >= 15 is 0 Å². The lowest BCUT2D eigenvalue weighted by atomic mass is 9.84. The molecule has 104 valence electrons. The van der Waals surface area contributed by atoms with Crippen molar-refractivity contribution in [2.45, 2.75) is 30.6 Å². The van der Waals surface area contributed by atoms with Gasteiger partial charge in [-0.2, -0.15) is 12.6 Å². The third kappa shape index (κ3) is 3.28. The summed E-state index contributed by atoms with van der Waals surface area (Å²) in [5, 5.41) is 1.70. The Kier molecular flexibility index (Phi) is 4.47. The Hall–Kier alpha value is -1.07. The quantitative estimate of drug-likeness (QED) is 0.648. The van der Waals surface area contributed by atoms with Crippen LogP contribution in [-0.4, -0.2) is 24.3 Å². The average Bonchev–Trinajstić information content (AvgIpc) is 2.39. The molecule has 0 aliphatic carbocycles. The summed E-state index contributed by atoms with van der Waals surface area (Å²) in [6.45, 7) is 3.41. The van der Waals surface area contributed by atoms with Crippen molar-refractivity contribution in [1.82, 2.24) is 0 Å². The number of esters is 1. The van der Waals surface area contributed by atoms with Crippen LogP contribution in [0, 0.1) is 5.82 Å². The Bertz CT molecular complexity index is 459. The number of thiol groups is 1. The van der Waals surface area contributed by atoms with Crippen molar-refractivity contribution in [2.75, 3.05) is 13.1 Å². The van der Waals surface area contributed by atoms with Crippen LogP contribution in [0.2, 0.25) is 0 Å². The minimum absolute atomic E-state index is 0.304. The number of benzene rings is 1. The molecule has 0 amide bonds. The van der Waals surface area contributed by atoms with E-state index in [1.54, 1.807) is 13.0 Å². The third-order valence-corrected chi connectivity index (χ3v) is 3.70. The lowest BCUT2D eigenvalue weighted by Crippen LogP contribution is -2.87. The number of quaternary nitrogens is 1. The zero-order valence-electron chi connectivity index (χ0n) is 10.9. The van der Waals surface area contributed by atoms with Crippen LogP contribution in [-0.2, 0) is 15.1 Å². The van der Waals surface area contributed by atoms with E-state index in [4.69, 9.17) is 4.74 Å². The van der Waals surface area contributed by atoms with Crippen LogP contribution in [0.15, 0.2) is 24.3 Å². The van der Waals surface area contributed by atoms with Gasteiger partial charge in [0.05, 0.1) is 18.3 Å². The lowest BCUT2D eigenvalue weighted by Gasteiger charge is -2.36. The van der Waals surface area contributed by atoms with Gasteiger partial charge in [0.15, 0.2) is 0 Å². The topological polar surface area (TPSA) is 42.9 Å². The monoisotopic (exact) mass is 284 g/mol. The van der Waals surface area contributed by atoms with E-state index in [9.17, 15) is 9.18 Å². The van der Waals surface area contributed by atoms with Crippen molar-refractivity contribution in [3.05, 3.63) is 35.6 Å². The van der Waals surface area contributed by atoms with Gasteiger partial charge in [0.25, 0.3) is 0 Å². The summed E-state index contributed by atoms with van der Waals surface area (Å²) in [6.07, 6.45) is 1.39. The van der Waals surface area contributed by atoms with Gasteiger partial charge in [-0.15, -0.1) is 0 Å². The van der Waals surface area contributed by atoms with Gasteiger partial charge in [-0.3, -0.25) is 4.79 Å². The SMILES string of the molecule is CC(S)C(=O)OC1(c2cccc(F)c2)CC[NH2+]CC1. The first-order valence-corrected chi connectivity index (χ1v) is 7.04. The van der Waals surface area contributed by atoms with Crippen LogP contribution >= 0.6 is 12.6 Å². The fraction of sp³-hybridized carbons (Fsp3) is 0.500. The van der Waals surface area contributed by atoms with Gasteiger partial charge in [-0.25, -0.2) is 4.39 Å². The van der Waals surface area contributed by atoms with Gasteiger partial charge in [-0.05, 0) is 24.6 Å². The number of hydrogen-bond acceptors (Lipinski definition) is 3. The lowest BCUT2D eigenvalue weighted by molar-refractivity contribution is -0.668. The number of rotatable bonds is 3. The molecule has 1 aromatic rings. The van der Waals surface area contributed by atoms with E-state index in [1.165, 1.54) is 12.1 Å². The maximum absolute atomic E-state index is 13.4. The minimum atomic E-state index is -0.703. The second-order valence-corrected chi connectivity index (χ2v) is 5.74. The first-order chi connectivity index (χ1) is 9.03. The molecule has 19 heavy (non-hydrogen) atoms. The van der Waals surface area contributed by atoms with E-state index in [1.807, 2.05) is 6.07 Å². The van der Waals surface area contributed by atoms with Crippen LogP contribution in [0.5, 0.6) is 0 Å². The summed E-state index contributed by atoms with van der Waals surface area (Å²) in [5.41, 5.74) is 0.0354. The van der Waals surface area contributed by atoms with Gasteiger partial charge in [0.1, 0.15) is 11.4 Å². The molecule has 2 rings (SSSR count). The highest BCUT2D eigenvalue weighted by molar-refractivity contribution is 7.81. The van der Waals surface area contributed by atoms with Crippen LogP contribution in [0.25, 0.3) is 0 Å². The van der Waals surface area contributed by atoms with E-state index in [2.05, 4.69) is 17.9 Å². The molecular weight excluding hydrogens is 265 g/mol.